The topological polar surface area (TPSA) is 65.4 Å². The van der Waals surface area contributed by atoms with Gasteiger partial charge in [-0.15, -0.1) is 11.6 Å². The van der Waals surface area contributed by atoms with Gasteiger partial charge in [0.2, 0.25) is 0 Å². The zero-order valence-electron chi connectivity index (χ0n) is 19.4. The molecule has 0 aliphatic heterocycles. The van der Waals surface area contributed by atoms with Crippen LogP contribution in [0.15, 0.2) is 48.5 Å². The van der Waals surface area contributed by atoms with Crippen LogP contribution in [0.4, 0.5) is 4.39 Å². The molecule has 180 valence electrons. The number of benzene rings is 2. The molecule has 1 aromatic heterocycles. The van der Waals surface area contributed by atoms with Crippen LogP contribution in [0.3, 0.4) is 0 Å². The third-order valence-electron chi connectivity index (χ3n) is 6.40. The van der Waals surface area contributed by atoms with Gasteiger partial charge in [-0.05, 0) is 61.2 Å². The van der Waals surface area contributed by atoms with Crippen LogP contribution < -0.4 is 14.8 Å². The normalized spacial score (nSPS) is 15.1. The molecule has 0 spiro atoms. The number of rotatable bonds is 8. The lowest BCUT2D eigenvalue weighted by Crippen LogP contribution is -2.42. The van der Waals surface area contributed by atoms with E-state index < -0.39 is 0 Å². The number of amides is 1. The van der Waals surface area contributed by atoms with E-state index in [1.54, 1.807) is 37.1 Å². The highest BCUT2D eigenvalue weighted by Crippen LogP contribution is 2.39. The number of hydrogen-bond acceptors (Lipinski definition) is 4. The molecular formula is C26H29ClFN3O3. The number of carbonyl (C=O) groups is 1. The first kappa shape index (κ1) is 24.1. The van der Waals surface area contributed by atoms with Crippen LogP contribution in [0.5, 0.6) is 11.5 Å². The SMILES string of the molecule is COc1cccc(OC)c1-c1cc(C(=O)NC(CCl)C2CCCCC2)nn1-c1ccc(F)cc1. The van der Waals surface area contributed by atoms with Crippen molar-refractivity contribution < 1.29 is 18.7 Å². The second-order valence-corrected chi connectivity index (χ2v) is 8.78. The van der Waals surface area contributed by atoms with Crippen molar-refractivity contribution in [3.63, 3.8) is 0 Å². The molecule has 0 bridgehead atoms. The number of carbonyl (C=O) groups excluding carboxylic acids is 1. The Bertz CT molecular complexity index is 1100. The Hall–Kier alpha value is -3.06. The van der Waals surface area contributed by atoms with Gasteiger partial charge in [-0.25, -0.2) is 9.07 Å². The summed E-state index contributed by atoms with van der Waals surface area (Å²) < 4.78 is 26.4. The fourth-order valence-electron chi connectivity index (χ4n) is 4.61. The van der Waals surface area contributed by atoms with Crippen molar-refractivity contribution in [3.8, 4) is 28.4 Å². The molecule has 1 heterocycles. The quantitative estimate of drug-likeness (QED) is 0.421. The van der Waals surface area contributed by atoms with Gasteiger partial charge in [0.05, 0.1) is 31.2 Å². The van der Waals surface area contributed by atoms with E-state index in [1.165, 1.54) is 18.6 Å². The molecule has 1 aliphatic carbocycles. The number of ether oxygens (including phenoxy) is 2. The third kappa shape index (κ3) is 5.04. The number of nitrogens with one attached hydrogen (secondary N) is 1. The Kier molecular flexibility index (Phi) is 7.73. The van der Waals surface area contributed by atoms with Gasteiger partial charge in [0.25, 0.3) is 5.91 Å². The first-order valence-electron chi connectivity index (χ1n) is 11.5. The predicted molar refractivity (Wildman–Crippen MR) is 131 cm³/mol. The van der Waals surface area contributed by atoms with Gasteiger partial charge in [-0.2, -0.15) is 5.10 Å². The molecule has 34 heavy (non-hydrogen) atoms. The van der Waals surface area contributed by atoms with Gasteiger partial charge in [0.1, 0.15) is 17.3 Å². The van der Waals surface area contributed by atoms with Crippen molar-refractivity contribution in [2.24, 2.45) is 5.92 Å². The van der Waals surface area contributed by atoms with Crippen LogP contribution in [0.2, 0.25) is 0 Å². The monoisotopic (exact) mass is 485 g/mol. The van der Waals surface area contributed by atoms with Gasteiger partial charge >= 0.3 is 0 Å². The molecule has 1 atom stereocenters. The molecule has 1 saturated carbocycles. The highest BCUT2D eigenvalue weighted by molar-refractivity contribution is 6.18. The molecule has 3 aromatic rings. The minimum absolute atomic E-state index is 0.116. The van der Waals surface area contributed by atoms with E-state index in [1.807, 2.05) is 18.2 Å². The molecular weight excluding hydrogens is 457 g/mol. The average molecular weight is 486 g/mol. The minimum atomic E-state index is -0.359. The van der Waals surface area contributed by atoms with Crippen molar-refractivity contribution in [2.75, 3.05) is 20.1 Å². The number of nitrogens with zero attached hydrogens (tertiary/aromatic N) is 2. The summed E-state index contributed by atoms with van der Waals surface area (Å²) in [6, 6.07) is 13.0. The van der Waals surface area contributed by atoms with Gasteiger partial charge in [-0.3, -0.25) is 4.79 Å². The van der Waals surface area contributed by atoms with E-state index in [0.717, 1.165) is 25.7 Å². The summed E-state index contributed by atoms with van der Waals surface area (Å²) in [5, 5.41) is 7.69. The van der Waals surface area contributed by atoms with Gasteiger partial charge in [0.15, 0.2) is 5.69 Å². The van der Waals surface area contributed by atoms with Gasteiger partial charge in [0, 0.05) is 11.9 Å². The maximum Gasteiger partial charge on any atom is 0.272 e. The smallest absolute Gasteiger partial charge is 0.272 e. The molecule has 1 fully saturated rings. The number of alkyl halides is 1. The molecule has 6 nitrogen and oxygen atoms in total. The summed E-state index contributed by atoms with van der Waals surface area (Å²) >= 11 is 6.25. The van der Waals surface area contributed by atoms with Crippen molar-refractivity contribution >= 4 is 17.5 Å². The van der Waals surface area contributed by atoms with E-state index in [9.17, 15) is 9.18 Å². The molecule has 2 aromatic carbocycles. The van der Waals surface area contributed by atoms with Gasteiger partial charge in [-0.1, -0.05) is 25.3 Å². The lowest BCUT2D eigenvalue weighted by atomic mass is 9.84. The predicted octanol–water partition coefficient (Wildman–Crippen LogP) is 5.61. The molecule has 4 rings (SSSR count). The highest BCUT2D eigenvalue weighted by Gasteiger charge is 2.27. The summed E-state index contributed by atoms with van der Waals surface area (Å²) in [5.74, 6) is 1.19. The van der Waals surface area contributed by atoms with E-state index in [2.05, 4.69) is 10.4 Å². The number of hydrogen-bond donors (Lipinski definition) is 1. The fraction of sp³-hybridized carbons (Fsp3) is 0.385. The van der Waals surface area contributed by atoms with Gasteiger partial charge < -0.3 is 14.8 Å². The summed E-state index contributed by atoms with van der Waals surface area (Å²) in [7, 11) is 3.14. The largest absolute Gasteiger partial charge is 0.496 e. The van der Waals surface area contributed by atoms with Crippen molar-refractivity contribution in [2.45, 2.75) is 38.1 Å². The number of aromatic nitrogens is 2. The lowest BCUT2D eigenvalue weighted by Gasteiger charge is -2.29. The standard InChI is InChI=1S/C26H29ClFN3O3/c1-33-23-9-6-10-24(34-2)25(23)22-15-20(30-31(22)19-13-11-18(28)12-14-19)26(32)29-21(16-27)17-7-4-3-5-8-17/h6,9-15,17,21H,3-5,7-8,16H2,1-2H3,(H,29,32). The Morgan fingerprint density at radius 1 is 1.12 bits per heavy atom. The first-order valence-corrected chi connectivity index (χ1v) is 12.0. The van der Waals surface area contributed by atoms with Crippen LogP contribution in [0.25, 0.3) is 16.9 Å². The Morgan fingerprint density at radius 3 is 2.35 bits per heavy atom. The second kappa shape index (κ2) is 10.9. The third-order valence-corrected chi connectivity index (χ3v) is 6.73. The van der Waals surface area contributed by atoms with Crippen molar-refractivity contribution in [1.82, 2.24) is 15.1 Å². The molecule has 8 heteroatoms. The summed E-state index contributed by atoms with van der Waals surface area (Å²) in [5.41, 5.74) is 2.07. The van der Waals surface area contributed by atoms with E-state index >= 15 is 0 Å². The molecule has 1 aliphatic rings. The van der Waals surface area contributed by atoms with E-state index in [4.69, 9.17) is 21.1 Å². The van der Waals surface area contributed by atoms with Crippen molar-refractivity contribution in [3.05, 3.63) is 60.0 Å². The number of halogens is 2. The van der Waals surface area contributed by atoms with Crippen LogP contribution in [0.1, 0.15) is 42.6 Å². The second-order valence-electron chi connectivity index (χ2n) is 8.47. The molecule has 1 N–H and O–H groups in total. The number of methoxy groups -OCH3 is 2. The fourth-order valence-corrected chi connectivity index (χ4v) is 4.94. The van der Waals surface area contributed by atoms with Crippen LogP contribution in [-0.2, 0) is 0 Å². The summed E-state index contributed by atoms with van der Waals surface area (Å²) in [6.07, 6.45) is 5.66. The Balaban J connectivity index is 1.76. The molecule has 0 saturated heterocycles. The average Bonchev–Trinajstić information content (AvgIpc) is 3.32. The molecule has 1 amide bonds. The first-order chi connectivity index (χ1) is 16.5. The maximum absolute atomic E-state index is 13.6. The van der Waals surface area contributed by atoms with Crippen LogP contribution in [-0.4, -0.2) is 41.8 Å². The minimum Gasteiger partial charge on any atom is -0.496 e. The summed E-state index contributed by atoms with van der Waals surface area (Å²) in [6.45, 7) is 0. The van der Waals surface area contributed by atoms with Crippen LogP contribution >= 0.6 is 11.6 Å². The van der Waals surface area contributed by atoms with E-state index in [-0.39, 0.29) is 23.5 Å². The molecule has 0 radical (unpaired) electrons. The lowest BCUT2D eigenvalue weighted by molar-refractivity contribution is 0.0914. The van der Waals surface area contributed by atoms with Crippen LogP contribution in [0, 0.1) is 11.7 Å². The zero-order valence-corrected chi connectivity index (χ0v) is 20.1. The molecule has 1 unspecified atom stereocenters. The van der Waals surface area contributed by atoms with Crippen molar-refractivity contribution in [1.29, 1.82) is 0 Å². The summed E-state index contributed by atoms with van der Waals surface area (Å²) in [4.78, 5) is 13.3. The zero-order chi connectivity index (χ0) is 24.1. The Labute approximate surface area is 204 Å². The van der Waals surface area contributed by atoms with E-state index in [0.29, 0.717) is 40.2 Å². The highest BCUT2D eigenvalue weighted by atomic mass is 35.5. The Morgan fingerprint density at radius 2 is 1.76 bits per heavy atom. The maximum atomic E-state index is 13.6.